The minimum Gasteiger partial charge on any atom is -0.468 e. The van der Waals surface area contributed by atoms with E-state index in [9.17, 15) is 0 Å². The van der Waals surface area contributed by atoms with Gasteiger partial charge in [-0.2, -0.15) is 4.98 Å². The van der Waals surface area contributed by atoms with Crippen LogP contribution >= 0.6 is 11.6 Å². The van der Waals surface area contributed by atoms with E-state index >= 15 is 0 Å². The number of benzene rings is 1. The minimum atomic E-state index is 0.0698. The van der Waals surface area contributed by atoms with Crippen molar-refractivity contribution in [1.82, 2.24) is 19.5 Å². The number of aryl methyl sites for hydroxylation is 1. The van der Waals surface area contributed by atoms with Crippen molar-refractivity contribution in [2.75, 3.05) is 7.11 Å². The molecule has 1 aliphatic heterocycles. The van der Waals surface area contributed by atoms with Crippen LogP contribution in [0.5, 0.6) is 6.01 Å². The zero-order valence-electron chi connectivity index (χ0n) is 11.5. The van der Waals surface area contributed by atoms with Crippen molar-refractivity contribution in [2.24, 2.45) is 0 Å². The molecule has 0 N–H and O–H groups in total. The molecule has 0 bridgehead atoms. The van der Waals surface area contributed by atoms with Crippen molar-refractivity contribution in [2.45, 2.75) is 18.9 Å². The highest BCUT2D eigenvalue weighted by molar-refractivity contribution is 6.28. The second-order valence-corrected chi connectivity index (χ2v) is 5.40. The molecular weight excluding hydrogens is 288 g/mol. The number of imidazole rings is 1. The maximum Gasteiger partial charge on any atom is 0.297 e. The summed E-state index contributed by atoms with van der Waals surface area (Å²) in [6.45, 7) is 0. The van der Waals surface area contributed by atoms with E-state index in [-0.39, 0.29) is 11.3 Å². The van der Waals surface area contributed by atoms with Gasteiger partial charge in [0, 0.05) is 6.20 Å². The van der Waals surface area contributed by atoms with E-state index in [1.165, 1.54) is 5.56 Å². The van der Waals surface area contributed by atoms with E-state index < -0.39 is 0 Å². The maximum absolute atomic E-state index is 5.94. The van der Waals surface area contributed by atoms with E-state index in [0.717, 1.165) is 29.6 Å². The molecule has 0 spiro atoms. The van der Waals surface area contributed by atoms with Gasteiger partial charge in [0.25, 0.3) is 6.01 Å². The molecule has 3 heterocycles. The number of rotatable bonds is 2. The van der Waals surface area contributed by atoms with Crippen LogP contribution in [0.3, 0.4) is 0 Å². The van der Waals surface area contributed by atoms with Gasteiger partial charge in [-0.1, -0.05) is 12.1 Å². The lowest BCUT2D eigenvalue weighted by Crippen LogP contribution is -2.19. The second-order valence-electron chi connectivity index (χ2n) is 5.06. The second kappa shape index (κ2) is 4.70. The number of ether oxygens (including phenoxy) is 1. The van der Waals surface area contributed by atoms with Gasteiger partial charge in [0.05, 0.1) is 29.9 Å². The first-order chi connectivity index (χ1) is 10.3. The van der Waals surface area contributed by atoms with Crippen LogP contribution in [0.25, 0.3) is 11.0 Å². The first kappa shape index (κ1) is 12.6. The lowest BCUT2D eigenvalue weighted by molar-refractivity contribution is 0.341. The summed E-state index contributed by atoms with van der Waals surface area (Å²) in [6, 6.07) is 8.76. The molecule has 21 heavy (non-hydrogen) atoms. The highest BCUT2D eigenvalue weighted by Gasteiger charge is 2.28. The van der Waals surface area contributed by atoms with Crippen LogP contribution < -0.4 is 4.74 Å². The number of halogens is 1. The van der Waals surface area contributed by atoms with Gasteiger partial charge in [-0.25, -0.2) is 9.97 Å². The number of para-hydroxylation sites is 1. The Labute approximate surface area is 126 Å². The van der Waals surface area contributed by atoms with E-state index in [2.05, 4.69) is 25.6 Å². The van der Waals surface area contributed by atoms with Crippen LogP contribution in [0.2, 0.25) is 5.28 Å². The topological polar surface area (TPSA) is 52.8 Å². The first-order valence-electron chi connectivity index (χ1n) is 6.80. The van der Waals surface area contributed by atoms with Gasteiger partial charge in [-0.3, -0.25) is 4.57 Å². The summed E-state index contributed by atoms with van der Waals surface area (Å²) >= 11 is 5.94. The average Bonchev–Trinajstić information content (AvgIpc) is 2.89. The molecule has 0 radical (unpaired) electrons. The Morgan fingerprint density at radius 3 is 3.00 bits per heavy atom. The molecular formula is C15H13ClN4O. The largest absolute Gasteiger partial charge is 0.468 e. The van der Waals surface area contributed by atoms with Crippen LogP contribution in [0.4, 0.5) is 0 Å². The van der Waals surface area contributed by atoms with Gasteiger partial charge < -0.3 is 4.74 Å². The molecule has 0 fully saturated rings. The fraction of sp³-hybridized carbons (Fsp3) is 0.267. The molecule has 2 aromatic heterocycles. The monoisotopic (exact) mass is 300 g/mol. The van der Waals surface area contributed by atoms with Crippen molar-refractivity contribution in [3.63, 3.8) is 0 Å². The molecule has 0 amide bonds. The van der Waals surface area contributed by atoms with Gasteiger partial charge in [0.1, 0.15) is 0 Å². The van der Waals surface area contributed by atoms with E-state index in [1.807, 2.05) is 18.2 Å². The van der Waals surface area contributed by atoms with Crippen LogP contribution in [-0.2, 0) is 6.42 Å². The lowest BCUT2D eigenvalue weighted by atomic mass is 9.97. The third-order valence-corrected chi connectivity index (χ3v) is 4.11. The summed E-state index contributed by atoms with van der Waals surface area (Å²) in [5.74, 6) is 0. The SMILES string of the molecule is COc1nc2cccc3c2n1C(c1ccnc(Cl)n1)CC3. The zero-order chi connectivity index (χ0) is 14.4. The number of aromatic nitrogens is 4. The molecule has 106 valence electrons. The molecule has 0 aliphatic carbocycles. The number of methoxy groups -OCH3 is 1. The fourth-order valence-corrected chi connectivity index (χ4v) is 3.22. The summed E-state index contributed by atoms with van der Waals surface area (Å²) in [5.41, 5.74) is 4.26. The molecule has 5 nitrogen and oxygen atoms in total. The van der Waals surface area contributed by atoms with Crippen LogP contribution in [0.1, 0.15) is 23.7 Å². The Kier molecular flexibility index (Phi) is 2.82. The first-order valence-corrected chi connectivity index (χ1v) is 7.18. The summed E-state index contributed by atoms with van der Waals surface area (Å²) < 4.78 is 7.59. The van der Waals surface area contributed by atoms with Crippen molar-refractivity contribution < 1.29 is 4.74 Å². The van der Waals surface area contributed by atoms with Gasteiger partial charge in [0.2, 0.25) is 5.28 Å². The predicted octanol–water partition coefficient (Wildman–Crippen LogP) is 3.02. The molecule has 6 heteroatoms. The fourth-order valence-electron chi connectivity index (χ4n) is 3.07. The quantitative estimate of drug-likeness (QED) is 0.683. The molecule has 1 aromatic carbocycles. The Bertz CT molecular complexity index is 830. The molecule has 0 saturated carbocycles. The summed E-state index contributed by atoms with van der Waals surface area (Å²) in [4.78, 5) is 12.9. The summed E-state index contributed by atoms with van der Waals surface area (Å²) in [5, 5.41) is 0.265. The number of hydrogen-bond donors (Lipinski definition) is 0. The van der Waals surface area contributed by atoms with Crippen molar-refractivity contribution in [1.29, 1.82) is 0 Å². The van der Waals surface area contributed by atoms with E-state index in [1.54, 1.807) is 13.3 Å². The highest BCUT2D eigenvalue weighted by atomic mass is 35.5. The van der Waals surface area contributed by atoms with Gasteiger partial charge >= 0.3 is 0 Å². The summed E-state index contributed by atoms with van der Waals surface area (Å²) in [6.07, 6.45) is 3.61. The van der Waals surface area contributed by atoms with E-state index in [0.29, 0.717) is 6.01 Å². The van der Waals surface area contributed by atoms with Crippen LogP contribution in [0.15, 0.2) is 30.5 Å². The third kappa shape index (κ3) is 1.88. The Morgan fingerprint density at radius 2 is 2.19 bits per heavy atom. The van der Waals surface area contributed by atoms with Gasteiger partial charge in [-0.15, -0.1) is 0 Å². The third-order valence-electron chi connectivity index (χ3n) is 3.93. The maximum atomic E-state index is 5.94. The van der Waals surface area contributed by atoms with Crippen LogP contribution in [-0.4, -0.2) is 26.6 Å². The Hall–Kier alpha value is -2.14. The molecule has 4 rings (SSSR count). The molecule has 1 atom stereocenters. The standard InChI is InChI=1S/C15H13ClN4O/c1-21-15-19-11-4-2-3-9-5-6-12(20(15)13(9)11)10-7-8-17-14(16)18-10/h2-4,7-8,12H,5-6H2,1H3. The molecule has 0 saturated heterocycles. The van der Waals surface area contributed by atoms with Gasteiger partial charge in [-0.05, 0) is 42.1 Å². The normalized spacial score (nSPS) is 17.1. The number of hydrogen-bond acceptors (Lipinski definition) is 4. The van der Waals surface area contributed by atoms with Crippen molar-refractivity contribution in [3.05, 3.63) is 47.0 Å². The van der Waals surface area contributed by atoms with Crippen LogP contribution in [0, 0.1) is 0 Å². The smallest absolute Gasteiger partial charge is 0.297 e. The molecule has 1 aliphatic rings. The zero-order valence-corrected chi connectivity index (χ0v) is 12.2. The number of nitrogens with zero attached hydrogens (tertiary/aromatic N) is 4. The van der Waals surface area contributed by atoms with Crippen molar-refractivity contribution >= 4 is 22.6 Å². The highest BCUT2D eigenvalue weighted by Crippen LogP contribution is 2.38. The van der Waals surface area contributed by atoms with Crippen molar-refractivity contribution in [3.8, 4) is 6.01 Å². The molecule has 3 aromatic rings. The molecule has 1 unspecified atom stereocenters. The minimum absolute atomic E-state index is 0.0698. The van der Waals surface area contributed by atoms with Gasteiger partial charge in [0.15, 0.2) is 0 Å². The Balaban J connectivity index is 1.98. The summed E-state index contributed by atoms with van der Waals surface area (Å²) in [7, 11) is 1.64. The lowest BCUT2D eigenvalue weighted by Gasteiger charge is -2.25. The predicted molar refractivity (Wildman–Crippen MR) is 79.8 cm³/mol. The Morgan fingerprint density at radius 1 is 1.29 bits per heavy atom. The van der Waals surface area contributed by atoms with E-state index in [4.69, 9.17) is 16.3 Å². The average molecular weight is 301 g/mol.